The van der Waals surface area contributed by atoms with E-state index in [0.29, 0.717) is 6.42 Å². The van der Waals surface area contributed by atoms with Crippen LogP contribution in [-0.4, -0.2) is 21.4 Å². The Balaban J connectivity index is 1.62. The van der Waals surface area contributed by atoms with Crippen molar-refractivity contribution in [2.45, 2.75) is 32.1 Å². The maximum absolute atomic E-state index is 12.4. The van der Waals surface area contributed by atoms with Gasteiger partial charge in [0.15, 0.2) is 0 Å². The smallest absolute Gasteiger partial charge is 0.225 e. The van der Waals surface area contributed by atoms with Crippen molar-refractivity contribution in [3.05, 3.63) is 71.5 Å². The SMILES string of the molecule is Cc1cccc(SCCC(=O)Nc2c(C)nn(-c3ccccc3)c2C)c1. The van der Waals surface area contributed by atoms with Gasteiger partial charge in [-0.3, -0.25) is 4.79 Å². The number of anilines is 1. The van der Waals surface area contributed by atoms with Crippen LogP contribution in [0.1, 0.15) is 23.4 Å². The van der Waals surface area contributed by atoms with E-state index < -0.39 is 0 Å². The number of para-hydroxylation sites is 1. The first-order valence-corrected chi connectivity index (χ1v) is 9.64. The van der Waals surface area contributed by atoms with Crippen molar-refractivity contribution in [1.29, 1.82) is 0 Å². The molecule has 1 amide bonds. The molecule has 1 heterocycles. The van der Waals surface area contributed by atoms with Crippen LogP contribution >= 0.6 is 11.8 Å². The van der Waals surface area contributed by atoms with Crippen LogP contribution in [-0.2, 0) is 4.79 Å². The van der Waals surface area contributed by atoms with Crippen LogP contribution < -0.4 is 5.32 Å². The summed E-state index contributed by atoms with van der Waals surface area (Å²) in [6, 6.07) is 18.3. The normalized spacial score (nSPS) is 10.7. The summed E-state index contributed by atoms with van der Waals surface area (Å²) in [5, 5.41) is 7.60. The summed E-state index contributed by atoms with van der Waals surface area (Å²) in [7, 11) is 0. The van der Waals surface area contributed by atoms with Crippen LogP contribution in [0.3, 0.4) is 0 Å². The first-order chi connectivity index (χ1) is 12.5. The van der Waals surface area contributed by atoms with Gasteiger partial charge in [0.25, 0.3) is 0 Å². The average molecular weight is 366 g/mol. The lowest BCUT2D eigenvalue weighted by molar-refractivity contribution is -0.115. The van der Waals surface area contributed by atoms with Gasteiger partial charge < -0.3 is 5.32 Å². The highest BCUT2D eigenvalue weighted by molar-refractivity contribution is 7.99. The lowest BCUT2D eigenvalue weighted by Crippen LogP contribution is -2.13. The van der Waals surface area contributed by atoms with E-state index in [1.165, 1.54) is 10.5 Å². The molecule has 0 radical (unpaired) electrons. The maximum Gasteiger partial charge on any atom is 0.225 e. The average Bonchev–Trinajstić information content (AvgIpc) is 2.91. The van der Waals surface area contributed by atoms with Crippen molar-refractivity contribution in [3.63, 3.8) is 0 Å². The monoisotopic (exact) mass is 365 g/mol. The van der Waals surface area contributed by atoms with E-state index >= 15 is 0 Å². The summed E-state index contributed by atoms with van der Waals surface area (Å²) in [5.41, 5.74) is 4.79. The largest absolute Gasteiger partial charge is 0.323 e. The molecule has 4 nitrogen and oxygen atoms in total. The van der Waals surface area contributed by atoms with Gasteiger partial charge in [-0.1, -0.05) is 35.9 Å². The van der Waals surface area contributed by atoms with Crippen molar-refractivity contribution < 1.29 is 4.79 Å². The number of rotatable bonds is 6. The number of nitrogens with zero attached hydrogens (tertiary/aromatic N) is 2. The van der Waals surface area contributed by atoms with Crippen molar-refractivity contribution >= 4 is 23.4 Å². The topological polar surface area (TPSA) is 46.9 Å². The van der Waals surface area contributed by atoms with Crippen molar-refractivity contribution in [1.82, 2.24) is 9.78 Å². The first kappa shape index (κ1) is 18.3. The number of nitrogens with one attached hydrogen (secondary N) is 1. The predicted molar refractivity (Wildman–Crippen MR) is 108 cm³/mol. The first-order valence-electron chi connectivity index (χ1n) is 8.65. The van der Waals surface area contributed by atoms with E-state index in [1.54, 1.807) is 11.8 Å². The van der Waals surface area contributed by atoms with E-state index in [2.05, 4.69) is 35.5 Å². The molecule has 0 aliphatic rings. The van der Waals surface area contributed by atoms with Crippen LogP contribution in [0.5, 0.6) is 0 Å². The van der Waals surface area contributed by atoms with Gasteiger partial charge in [0.1, 0.15) is 0 Å². The molecule has 3 aromatic rings. The minimum atomic E-state index is 0.0176. The van der Waals surface area contributed by atoms with Crippen LogP contribution in [0.15, 0.2) is 59.5 Å². The Labute approximate surface area is 158 Å². The number of amides is 1. The molecule has 26 heavy (non-hydrogen) atoms. The molecule has 0 bridgehead atoms. The molecule has 0 aliphatic carbocycles. The van der Waals surface area contributed by atoms with Gasteiger partial charge in [0, 0.05) is 17.1 Å². The van der Waals surface area contributed by atoms with Gasteiger partial charge in [-0.05, 0) is 45.0 Å². The molecule has 134 valence electrons. The van der Waals surface area contributed by atoms with Gasteiger partial charge in [-0.15, -0.1) is 11.8 Å². The standard InChI is InChI=1S/C21H23N3OS/c1-15-8-7-11-19(14-15)26-13-12-20(25)22-21-16(2)23-24(17(21)3)18-9-5-4-6-10-18/h4-11,14H,12-13H2,1-3H3,(H,22,25). The van der Waals surface area contributed by atoms with E-state index in [-0.39, 0.29) is 5.91 Å². The number of carbonyl (C=O) groups excluding carboxylic acids is 1. The molecular formula is C21H23N3OS. The fourth-order valence-corrected chi connectivity index (χ4v) is 3.78. The van der Waals surface area contributed by atoms with Gasteiger partial charge in [-0.25, -0.2) is 4.68 Å². The van der Waals surface area contributed by atoms with Gasteiger partial charge in [0.2, 0.25) is 5.91 Å². The van der Waals surface area contributed by atoms with Crippen LogP contribution in [0.2, 0.25) is 0 Å². The van der Waals surface area contributed by atoms with Crippen LogP contribution in [0.25, 0.3) is 5.69 Å². The highest BCUT2D eigenvalue weighted by Crippen LogP contribution is 2.24. The van der Waals surface area contributed by atoms with E-state index in [4.69, 9.17) is 0 Å². The summed E-state index contributed by atoms with van der Waals surface area (Å²) >= 11 is 1.70. The molecule has 0 fully saturated rings. The Morgan fingerprint density at radius 3 is 2.58 bits per heavy atom. The Kier molecular flexibility index (Phi) is 5.78. The summed E-state index contributed by atoms with van der Waals surface area (Å²) in [6.07, 6.45) is 0.466. The Hall–Kier alpha value is -2.53. The molecule has 2 aromatic carbocycles. The third kappa shape index (κ3) is 4.35. The Morgan fingerprint density at radius 1 is 1.08 bits per heavy atom. The molecule has 0 atom stereocenters. The Morgan fingerprint density at radius 2 is 1.85 bits per heavy atom. The number of hydrogen-bond acceptors (Lipinski definition) is 3. The molecule has 0 aliphatic heterocycles. The third-order valence-corrected chi connectivity index (χ3v) is 5.14. The highest BCUT2D eigenvalue weighted by Gasteiger charge is 2.15. The number of carbonyl (C=O) groups is 1. The molecule has 3 rings (SSSR count). The maximum atomic E-state index is 12.4. The summed E-state index contributed by atoms with van der Waals surface area (Å²) in [4.78, 5) is 13.6. The lowest BCUT2D eigenvalue weighted by Gasteiger charge is -2.07. The summed E-state index contributed by atoms with van der Waals surface area (Å²) < 4.78 is 1.87. The van der Waals surface area contributed by atoms with Gasteiger partial charge in [0.05, 0.1) is 22.8 Å². The van der Waals surface area contributed by atoms with Crippen LogP contribution in [0.4, 0.5) is 5.69 Å². The third-order valence-electron chi connectivity index (χ3n) is 4.14. The molecule has 1 N–H and O–H groups in total. The van der Waals surface area contributed by atoms with E-state index in [0.717, 1.165) is 28.5 Å². The predicted octanol–water partition coefficient (Wildman–Crippen LogP) is 4.92. The summed E-state index contributed by atoms with van der Waals surface area (Å²) in [6.45, 7) is 5.97. The lowest BCUT2D eigenvalue weighted by atomic mass is 10.2. The van der Waals surface area contributed by atoms with Crippen molar-refractivity contribution in [3.8, 4) is 5.69 Å². The zero-order valence-corrected chi connectivity index (χ0v) is 16.1. The van der Waals surface area contributed by atoms with Crippen molar-refractivity contribution in [2.24, 2.45) is 0 Å². The number of aryl methyl sites for hydroxylation is 2. The van der Waals surface area contributed by atoms with Gasteiger partial charge in [-0.2, -0.15) is 5.10 Å². The minimum Gasteiger partial charge on any atom is -0.323 e. The molecule has 0 saturated carbocycles. The van der Waals surface area contributed by atoms with Crippen molar-refractivity contribution in [2.75, 3.05) is 11.1 Å². The number of aromatic nitrogens is 2. The molecule has 1 aromatic heterocycles. The second-order valence-corrected chi connectivity index (χ2v) is 7.42. The Bertz CT molecular complexity index is 903. The van der Waals surface area contributed by atoms with E-state index in [1.807, 2.05) is 54.9 Å². The van der Waals surface area contributed by atoms with E-state index in [9.17, 15) is 4.79 Å². The zero-order valence-electron chi connectivity index (χ0n) is 15.3. The number of hydrogen-bond donors (Lipinski definition) is 1. The highest BCUT2D eigenvalue weighted by atomic mass is 32.2. The quantitative estimate of drug-likeness (QED) is 0.631. The second-order valence-electron chi connectivity index (χ2n) is 6.26. The molecular weight excluding hydrogens is 342 g/mol. The van der Waals surface area contributed by atoms with Crippen LogP contribution in [0, 0.1) is 20.8 Å². The molecule has 0 spiro atoms. The number of benzene rings is 2. The summed E-state index contributed by atoms with van der Waals surface area (Å²) in [5.74, 6) is 0.768. The number of thioether (sulfide) groups is 1. The zero-order chi connectivity index (χ0) is 18.5. The fraction of sp³-hybridized carbons (Fsp3) is 0.238. The molecule has 0 unspecified atom stereocenters. The fourth-order valence-electron chi connectivity index (χ4n) is 2.81. The minimum absolute atomic E-state index is 0.0176. The second kappa shape index (κ2) is 8.23. The van der Waals surface area contributed by atoms with Gasteiger partial charge >= 0.3 is 0 Å². The molecule has 0 saturated heterocycles. The molecule has 5 heteroatoms.